The summed E-state index contributed by atoms with van der Waals surface area (Å²) < 4.78 is 2.15. The molecule has 0 bridgehead atoms. The summed E-state index contributed by atoms with van der Waals surface area (Å²) in [6, 6.07) is 0. The van der Waals surface area contributed by atoms with Gasteiger partial charge < -0.3 is 14.8 Å². The van der Waals surface area contributed by atoms with Gasteiger partial charge in [0, 0.05) is 34.2 Å². The molecule has 0 aliphatic heterocycles. The molecule has 0 atom stereocenters. The van der Waals surface area contributed by atoms with E-state index in [-0.39, 0.29) is 0 Å². The first-order valence-corrected chi connectivity index (χ1v) is 6.40. The summed E-state index contributed by atoms with van der Waals surface area (Å²) in [5.41, 5.74) is 1.79. The predicted octanol–water partition coefficient (Wildman–Crippen LogP) is 1.77. The quantitative estimate of drug-likeness (QED) is 0.846. The fourth-order valence-electron chi connectivity index (χ4n) is 2.46. The average Bonchev–Trinajstić information content (AvgIpc) is 2.58. The van der Waals surface area contributed by atoms with Crippen molar-refractivity contribution in [2.24, 2.45) is 12.5 Å². The normalized spacial score (nSPS) is 17.9. The average molecular weight is 236 g/mol. The largest absolute Gasteiger partial charge is 0.348 e. The van der Waals surface area contributed by atoms with Gasteiger partial charge in [-0.15, -0.1) is 0 Å². The van der Waals surface area contributed by atoms with Crippen molar-refractivity contribution in [1.29, 1.82) is 0 Å². The molecule has 1 aromatic rings. The molecule has 2 rings (SSSR count). The van der Waals surface area contributed by atoms with Gasteiger partial charge >= 0.3 is 0 Å². The van der Waals surface area contributed by atoms with Crippen LogP contribution < -0.4 is 10.2 Å². The molecular formula is C13H24N4. The van der Waals surface area contributed by atoms with Crippen LogP contribution in [-0.2, 0) is 13.6 Å². The Morgan fingerprint density at radius 2 is 2.18 bits per heavy atom. The van der Waals surface area contributed by atoms with Crippen molar-refractivity contribution >= 4 is 5.95 Å². The molecule has 0 amide bonds. The van der Waals surface area contributed by atoms with Crippen LogP contribution >= 0.6 is 0 Å². The Labute approximate surface area is 104 Å². The molecule has 0 spiro atoms. The Bertz CT molecular complexity index is 377. The first-order chi connectivity index (χ1) is 8.02. The zero-order valence-corrected chi connectivity index (χ0v) is 11.5. The van der Waals surface area contributed by atoms with E-state index >= 15 is 0 Å². The van der Waals surface area contributed by atoms with E-state index in [1.807, 2.05) is 25.2 Å². The van der Waals surface area contributed by atoms with Gasteiger partial charge in [-0.05, 0) is 18.3 Å². The van der Waals surface area contributed by atoms with Gasteiger partial charge in [0.15, 0.2) is 0 Å². The zero-order chi connectivity index (χ0) is 12.5. The molecule has 1 saturated carbocycles. The fourth-order valence-corrected chi connectivity index (χ4v) is 2.46. The SMILES string of the molecule is CN(C)c1ncc(CNCC2(C)CCC2)n1C. The lowest BCUT2D eigenvalue weighted by Gasteiger charge is -2.38. The summed E-state index contributed by atoms with van der Waals surface area (Å²) in [5.74, 6) is 1.01. The monoisotopic (exact) mass is 236 g/mol. The van der Waals surface area contributed by atoms with Gasteiger partial charge in [-0.3, -0.25) is 0 Å². The first-order valence-electron chi connectivity index (χ1n) is 6.40. The molecule has 4 nitrogen and oxygen atoms in total. The number of aromatic nitrogens is 2. The molecule has 1 aliphatic carbocycles. The lowest BCUT2D eigenvalue weighted by Crippen LogP contribution is -2.37. The van der Waals surface area contributed by atoms with E-state index in [0.29, 0.717) is 5.41 Å². The van der Waals surface area contributed by atoms with Crippen LogP contribution in [0.1, 0.15) is 31.9 Å². The van der Waals surface area contributed by atoms with E-state index in [1.165, 1.54) is 25.0 Å². The van der Waals surface area contributed by atoms with Crippen LogP contribution in [0.2, 0.25) is 0 Å². The van der Waals surface area contributed by atoms with E-state index < -0.39 is 0 Å². The second kappa shape index (κ2) is 4.69. The number of nitrogens with one attached hydrogen (secondary N) is 1. The third-order valence-electron chi connectivity index (χ3n) is 3.88. The number of anilines is 1. The molecule has 1 aliphatic rings. The first kappa shape index (κ1) is 12.4. The highest BCUT2D eigenvalue weighted by Crippen LogP contribution is 2.39. The molecule has 96 valence electrons. The Hall–Kier alpha value is -1.03. The van der Waals surface area contributed by atoms with Crippen molar-refractivity contribution in [1.82, 2.24) is 14.9 Å². The Morgan fingerprint density at radius 1 is 1.47 bits per heavy atom. The molecule has 1 heterocycles. The third-order valence-corrected chi connectivity index (χ3v) is 3.88. The van der Waals surface area contributed by atoms with E-state index in [1.54, 1.807) is 0 Å². The van der Waals surface area contributed by atoms with Crippen LogP contribution in [0.15, 0.2) is 6.20 Å². The second-order valence-electron chi connectivity index (χ2n) is 5.77. The number of hydrogen-bond donors (Lipinski definition) is 1. The summed E-state index contributed by atoms with van der Waals surface area (Å²) in [4.78, 5) is 6.45. The number of hydrogen-bond acceptors (Lipinski definition) is 3. The molecule has 0 unspecified atom stereocenters. The molecular weight excluding hydrogens is 212 g/mol. The summed E-state index contributed by atoms with van der Waals surface area (Å²) in [6.07, 6.45) is 6.10. The van der Waals surface area contributed by atoms with Crippen LogP contribution in [0.4, 0.5) is 5.95 Å². The van der Waals surface area contributed by atoms with Gasteiger partial charge in [0.05, 0.1) is 11.9 Å². The van der Waals surface area contributed by atoms with Gasteiger partial charge in [-0.25, -0.2) is 4.98 Å². The van der Waals surface area contributed by atoms with Crippen LogP contribution in [0.5, 0.6) is 0 Å². The lowest BCUT2D eigenvalue weighted by atomic mass is 9.70. The Kier molecular flexibility index (Phi) is 3.43. The van der Waals surface area contributed by atoms with E-state index in [9.17, 15) is 0 Å². The van der Waals surface area contributed by atoms with Crippen molar-refractivity contribution in [2.45, 2.75) is 32.7 Å². The maximum atomic E-state index is 4.41. The maximum absolute atomic E-state index is 4.41. The summed E-state index contributed by atoms with van der Waals surface area (Å²) in [7, 11) is 6.12. The van der Waals surface area contributed by atoms with Crippen LogP contribution in [-0.4, -0.2) is 30.2 Å². The molecule has 0 saturated heterocycles. The smallest absolute Gasteiger partial charge is 0.204 e. The van der Waals surface area contributed by atoms with Crippen molar-refractivity contribution in [3.8, 4) is 0 Å². The van der Waals surface area contributed by atoms with E-state index in [2.05, 4.69) is 28.8 Å². The topological polar surface area (TPSA) is 33.1 Å². The number of imidazole rings is 1. The van der Waals surface area contributed by atoms with Gasteiger partial charge in [-0.1, -0.05) is 13.3 Å². The molecule has 4 heteroatoms. The predicted molar refractivity (Wildman–Crippen MR) is 71.2 cm³/mol. The van der Waals surface area contributed by atoms with Crippen LogP contribution in [0, 0.1) is 5.41 Å². The van der Waals surface area contributed by atoms with Crippen molar-refractivity contribution in [3.63, 3.8) is 0 Å². The number of nitrogens with zero attached hydrogens (tertiary/aromatic N) is 3. The van der Waals surface area contributed by atoms with Gasteiger partial charge in [-0.2, -0.15) is 0 Å². The van der Waals surface area contributed by atoms with Gasteiger partial charge in [0.25, 0.3) is 0 Å². The van der Waals surface area contributed by atoms with E-state index in [0.717, 1.165) is 19.0 Å². The van der Waals surface area contributed by atoms with Gasteiger partial charge in [0.1, 0.15) is 0 Å². The molecule has 0 radical (unpaired) electrons. The minimum Gasteiger partial charge on any atom is -0.348 e. The molecule has 1 fully saturated rings. The highest BCUT2D eigenvalue weighted by molar-refractivity contribution is 5.30. The van der Waals surface area contributed by atoms with Crippen molar-refractivity contribution < 1.29 is 0 Å². The maximum Gasteiger partial charge on any atom is 0.204 e. The highest BCUT2D eigenvalue weighted by Gasteiger charge is 2.30. The van der Waals surface area contributed by atoms with Crippen molar-refractivity contribution in [3.05, 3.63) is 11.9 Å². The second-order valence-corrected chi connectivity index (χ2v) is 5.77. The zero-order valence-electron chi connectivity index (χ0n) is 11.5. The van der Waals surface area contributed by atoms with Crippen LogP contribution in [0.3, 0.4) is 0 Å². The van der Waals surface area contributed by atoms with E-state index in [4.69, 9.17) is 0 Å². The number of rotatable bonds is 5. The Balaban J connectivity index is 1.86. The fraction of sp³-hybridized carbons (Fsp3) is 0.769. The Morgan fingerprint density at radius 3 is 2.65 bits per heavy atom. The highest BCUT2D eigenvalue weighted by atomic mass is 15.3. The molecule has 1 aromatic heterocycles. The summed E-state index contributed by atoms with van der Waals surface area (Å²) in [6.45, 7) is 4.40. The third kappa shape index (κ3) is 2.63. The minimum absolute atomic E-state index is 0.545. The summed E-state index contributed by atoms with van der Waals surface area (Å²) >= 11 is 0. The van der Waals surface area contributed by atoms with Crippen molar-refractivity contribution in [2.75, 3.05) is 25.5 Å². The molecule has 1 N–H and O–H groups in total. The minimum atomic E-state index is 0.545. The molecule has 17 heavy (non-hydrogen) atoms. The van der Waals surface area contributed by atoms with Crippen LogP contribution in [0.25, 0.3) is 0 Å². The molecule has 0 aromatic carbocycles. The lowest BCUT2D eigenvalue weighted by molar-refractivity contribution is 0.156. The standard InChI is InChI=1S/C13H24N4/c1-13(6-5-7-13)10-14-8-11-9-15-12(16(2)3)17(11)4/h9,14H,5-8,10H2,1-4H3. The summed E-state index contributed by atoms with van der Waals surface area (Å²) in [5, 5.41) is 3.56. The van der Waals surface area contributed by atoms with Gasteiger partial charge in [0.2, 0.25) is 5.95 Å².